The molecule has 41 heavy (non-hydrogen) atoms. The Morgan fingerprint density at radius 1 is 0.951 bits per heavy atom. The average Bonchev–Trinajstić information content (AvgIpc) is 3.40. The molecule has 13 heteroatoms. The minimum atomic E-state index is -1.20. The Balaban J connectivity index is 1.41. The highest BCUT2D eigenvalue weighted by molar-refractivity contribution is 5.97. The van der Waals surface area contributed by atoms with Gasteiger partial charge in [0.05, 0.1) is 12.8 Å². The lowest BCUT2D eigenvalue weighted by Crippen LogP contribution is -2.55. The van der Waals surface area contributed by atoms with E-state index in [1.54, 1.807) is 6.20 Å². The van der Waals surface area contributed by atoms with Crippen LogP contribution in [0.1, 0.15) is 51.0 Å². The molecule has 1 aromatic carbocycles. The molecule has 6 rings (SSSR count). The van der Waals surface area contributed by atoms with Crippen molar-refractivity contribution in [3.05, 3.63) is 39.9 Å². The van der Waals surface area contributed by atoms with Gasteiger partial charge in [-0.2, -0.15) is 0 Å². The molecule has 5 heterocycles. The summed E-state index contributed by atoms with van der Waals surface area (Å²) in [5.41, 5.74) is 4.43. The van der Waals surface area contributed by atoms with Crippen LogP contribution in [0.4, 0.5) is 5.69 Å². The summed E-state index contributed by atoms with van der Waals surface area (Å²) in [5, 5.41) is 9.32. The molecule has 0 N–H and O–H groups in total. The van der Waals surface area contributed by atoms with Crippen molar-refractivity contribution in [2.24, 2.45) is 0 Å². The second-order valence-corrected chi connectivity index (χ2v) is 10.5. The van der Waals surface area contributed by atoms with E-state index in [0.717, 1.165) is 49.7 Å². The van der Waals surface area contributed by atoms with Crippen LogP contribution in [0.25, 0.3) is 22.2 Å². The Morgan fingerprint density at radius 3 is 2.39 bits per heavy atom. The van der Waals surface area contributed by atoms with E-state index in [0.29, 0.717) is 16.8 Å². The first-order valence-corrected chi connectivity index (χ1v) is 13.6. The zero-order valence-corrected chi connectivity index (χ0v) is 23.0. The molecule has 2 aromatic heterocycles. The first kappa shape index (κ1) is 26.9. The van der Waals surface area contributed by atoms with Crippen LogP contribution in [0.3, 0.4) is 0 Å². The van der Waals surface area contributed by atoms with Gasteiger partial charge in [0.25, 0.3) is 0 Å². The first-order valence-electron chi connectivity index (χ1n) is 13.6. The van der Waals surface area contributed by atoms with Crippen LogP contribution in [0.15, 0.2) is 27.5 Å². The highest BCUT2D eigenvalue weighted by Crippen LogP contribution is 2.42. The summed E-state index contributed by atoms with van der Waals surface area (Å²) in [6.07, 6.45) is 0.915. The smallest absolute Gasteiger partial charge is 0.336 e. The lowest BCUT2D eigenvalue weighted by Gasteiger charge is -2.40. The van der Waals surface area contributed by atoms with Gasteiger partial charge in [0.15, 0.2) is 24.5 Å². The summed E-state index contributed by atoms with van der Waals surface area (Å²) >= 11 is 0. The molecule has 216 valence electrons. The number of carbonyl (C=O) groups is 3. The van der Waals surface area contributed by atoms with Crippen LogP contribution >= 0.6 is 0 Å². The van der Waals surface area contributed by atoms with E-state index in [-0.39, 0.29) is 6.61 Å². The van der Waals surface area contributed by atoms with Crippen LogP contribution in [0.5, 0.6) is 0 Å². The number of esters is 3. The molecule has 3 aliphatic rings. The van der Waals surface area contributed by atoms with E-state index < -0.39 is 48.1 Å². The van der Waals surface area contributed by atoms with Crippen molar-refractivity contribution in [2.75, 3.05) is 24.6 Å². The lowest BCUT2D eigenvalue weighted by molar-refractivity contribution is -0.241. The van der Waals surface area contributed by atoms with Gasteiger partial charge in [-0.15, -0.1) is 5.10 Å². The van der Waals surface area contributed by atoms with Crippen LogP contribution in [-0.4, -0.2) is 70.9 Å². The van der Waals surface area contributed by atoms with Crippen molar-refractivity contribution in [1.82, 2.24) is 15.0 Å². The fourth-order valence-corrected chi connectivity index (χ4v) is 6.16. The van der Waals surface area contributed by atoms with Gasteiger partial charge in [-0.1, -0.05) is 5.21 Å². The molecule has 0 saturated carbocycles. The lowest BCUT2D eigenvalue weighted by atomic mass is 9.89. The van der Waals surface area contributed by atoms with Crippen LogP contribution in [0, 0.1) is 0 Å². The summed E-state index contributed by atoms with van der Waals surface area (Å²) in [6, 6.07) is 3.46. The molecular weight excluding hydrogens is 536 g/mol. The number of ether oxygens (including phenoxy) is 4. The van der Waals surface area contributed by atoms with Gasteiger partial charge in [0.1, 0.15) is 11.3 Å². The average molecular weight is 567 g/mol. The third-order valence-electron chi connectivity index (χ3n) is 7.60. The third kappa shape index (κ3) is 5.05. The fourth-order valence-electron chi connectivity index (χ4n) is 6.16. The Morgan fingerprint density at radius 2 is 1.66 bits per heavy atom. The molecule has 13 nitrogen and oxygen atoms in total. The molecule has 0 amide bonds. The second-order valence-electron chi connectivity index (χ2n) is 10.5. The quantitative estimate of drug-likeness (QED) is 0.252. The molecule has 4 atom stereocenters. The number of hydrogen-bond donors (Lipinski definition) is 0. The van der Waals surface area contributed by atoms with E-state index in [4.69, 9.17) is 23.4 Å². The van der Waals surface area contributed by atoms with E-state index >= 15 is 0 Å². The predicted molar refractivity (Wildman–Crippen MR) is 142 cm³/mol. The number of aromatic nitrogens is 3. The van der Waals surface area contributed by atoms with Gasteiger partial charge in [-0.25, -0.2) is 9.48 Å². The summed E-state index contributed by atoms with van der Waals surface area (Å²) in [5.74, 6) is -1.93. The normalized spacial score (nSPS) is 23.5. The number of rotatable bonds is 5. The minimum Gasteiger partial charge on any atom is -0.456 e. The van der Waals surface area contributed by atoms with Gasteiger partial charge in [0, 0.05) is 62.1 Å². The molecule has 0 radical (unpaired) electrons. The first-order chi connectivity index (χ1) is 19.7. The Bertz CT molecular complexity index is 1590. The molecule has 0 bridgehead atoms. The molecule has 3 aromatic rings. The van der Waals surface area contributed by atoms with Gasteiger partial charge < -0.3 is 28.3 Å². The number of hydrogen-bond acceptors (Lipinski definition) is 12. The maximum absolute atomic E-state index is 12.8. The number of benzene rings is 1. The number of fused-ring (bicyclic) bond motifs is 2. The zero-order valence-electron chi connectivity index (χ0n) is 23.0. The number of aryl methyl sites for hydroxylation is 2. The van der Waals surface area contributed by atoms with Crippen LogP contribution in [-0.2, 0) is 46.2 Å². The minimum absolute atomic E-state index is 0.154. The largest absolute Gasteiger partial charge is 0.456 e. The van der Waals surface area contributed by atoms with Crippen LogP contribution in [0.2, 0.25) is 0 Å². The van der Waals surface area contributed by atoms with Crippen molar-refractivity contribution in [1.29, 1.82) is 0 Å². The number of anilines is 1. The van der Waals surface area contributed by atoms with Crippen molar-refractivity contribution in [3.63, 3.8) is 0 Å². The summed E-state index contributed by atoms with van der Waals surface area (Å²) < 4.78 is 29.3. The van der Waals surface area contributed by atoms with Gasteiger partial charge in [-0.05, 0) is 37.3 Å². The standard InChI is InChI=1S/C28H30N4O9/c1-14(33)38-22-13-37-28(27(40-16(3)35)26(22)39-15(2)34)32-12-21(29-30-32)19-11-23(36)41-25-18-7-5-9-31-8-4-6-17(24(18)31)10-20(19)25/h10-12,22,26-28H,4-9,13H2,1-3H3/t22-,26+,27-,28-/m1/s1. The molecular formula is C28H30N4O9. The Kier molecular flexibility index (Phi) is 6.98. The number of carbonyl (C=O) groups excluding carboxylic acids is 3. The molecule has 1 saturated heterocycles. The monoisotopic (exact) mass is 566 g/mol. The second kappa shape index (κ2) is 10.6. The highest BCUT2D eigenvalue weighted by Gasteiger charge is 2.48. The molecule has 1 fully saturated rings. The van der Waals surface area contributed by atoms with E-state index in [1.165, 1.54) is 42.8 Å². The maximum Gasteiger partial charge on any atom is 0.336 e. The molecule has 3 aliphatic heterocycles. The topological polar surface area (TPSA) is 152 Å². The fraction of sp³-hybridized carbons (Fsp3) is 0.500. The van der Waals surface area contributed by atoms with Crippen molar-refractivity contribution in [3.8, 4) is 11.3 Å². The van der Waals surface area contributed by atoms with Crippen molar-refractivity contribution in [2.45, 2.75) is 71.0 Å². The summed E-state index contributed by atoms with van der Waals surface area (Å²) in [7, 11) is 0. The van der Waals surface area contributed by atoms with E-state index in [9.17, 15) is 19.2 Å². The van der Waals surface area contributed by atoms with E-state index in [1.807, 2.05) is 0 Å². The zero-order chi connectivity index (χ0) is 28.8. The highest BCUT2D eigenvalue weighted by atomic mass is 16.6. The Hall–Kier alpha value is -4.26. The van der Waals surface area contributed by atoms with Gasteiger partial charge in [-0.3, -0.25) is 14.4 Å². The summed E-state index contributed by atoms with van der Waals surface area (Å²) in [6.45, 7) is 5.44. The van der Waals surface area contributed by atoms with Crippen molar-refractivity contribution >= 4 is 34.6 Å². The van der Waals surface area contributed by atoms with Crippen LogP contribution < -0.4 is 10.5 Å². The van der Waals surface area contributed by atoms with E-state index in [2.05, 4.69) is 21.3 Å². The van der Waals surface area contributed by atoms with Gasteiger partial charge in [0.2, 0.25) is 0 Å². The number of nitrogens with zero attached hydrogens (tertiary/aromatic N) is 4. The summed E-state index contributed by atoms with van der Waals surface area (Å²) in [4.78, 5) is 50.8. The molecule has 0 unspecified atom stereocenters. The van der Waals surface area contributed by atoms with Crippen molar-refractivity contribution < 1.29 is 37.7 Å². The maximum atomic E-state index is 12.8. The SMILES string of the molecule is CC(=O)O[C@@H]1[C@@H](OC(C)=O)[C@H](OC(C)=O)CO[C@H]1n1cc(-c2cc(=O)oc3c4c5c(cc23)CCCN5CCC4)nn1. The molecule has 0 spiro atoms. The molecule has 0 aliphatic carbocycles. The third-order valence-corrected chi connectivity index (χ3v) is 7.60. The van der Waals surface area contributed by atoms with Gasteiger partial charge >= 0.3 is 23.5 Å². The predicted octanol–water partition coefficient (Wildman–Crippen LogP) is 2.07. The Labute approximate surface area is 234 Å².